The van der Waals surface area contributed by atoms with Crippen LogP contribution in [0.4, 0.5) is 0 Å². The lowest BCUT2D eigenvalue weighted by molar-refractivity contribution is 0.529. The van der Waals surface area contributed by atoms with Crippen molar-refractivity contribution in [3.8, 4) is 10.7 Å². The predicted octanol–water partition coefficient (Wildman–Crippen LogP) is 3.99. The average Bonchev–Trinajstić information content (AvgIpc) is 2.95. The molecule has 0 bridgehead atoms. The van der Waals surface area contributed by atoms with Crippen LogP contribution in [-0.2, 0) is 6.42 Å². The van der Waals surface area contributed by atoms with Crippen molar-refractivity contribution in [1.29, 1.82) is 0 Å². The van der Waals surface area contributed by atoms with Gasteiger partial charge in [-0.2, -0.15) is 5.10 Å². The van der Waals surface area contributed by atoms with E-state index in [4.69, 9.17) is 12.2 Å². The molecule has 0 aromatic carbocycles. The van der Waals surface area contributed by atoms with E-state index in [1.165, 1.54) is 0 Å². The van der Waals surface area contributed by atoms with Crippen LogP contribution in [0, 0.1) is 4.77 Å². The third kappa shape index (κ3) is 2.40. The molecule has 0 fully saturated rings. The molecular formula is C12H18N4S2. The van der Waals surface area contributed by atoms with E-state index in [0.29, 0.717) is 10.8 Å². The average molecular weight is 282 g/mol. The van der Waals surface area contributed by atoms with Crippen molar-refractivity contribution in [2.24, 2.45) is 0 Å². The minimum atomic E-state index is 0.350. The Balaban J connectivity index is 2.51. The summed E-state index contributed by atoms with van der Waals surface area (Å²) in [5, 5.41) is 7.29. The van der Waals surface area contributed by atoms with E-state index in [2.05, 4.69) is 40.5 Å². The lowest BCUT2D eigenvalue weighted by Gasteiger charge is -2.12. The Labute approximate surface area is 116 Å². The molecule has 1 N–H and O–H groups in total. The maximum Gasteiger partial charge on any atom is 0.195 e. The highest BCUT2D eigenvalue weighted by Gasteiger charge is 2.17. The number of hydrogen-bond donors (Lipinski definition) is 1. The van der Waals surface area contributed by atoms with Gasteiger partial charge < -0.3 is 0 Å². The lowest BCUT2D eigenvalue weighted by atomic mass is 10.2. The summed E-state index contributed by atoms with van der Waals surface area (Å²) in [6, 6.07) is 0.350. The number of aromatic nitrogens is 4. The second-order valence-corrected chi connectivity index (χ2v) is 5.60. The smallest absolute Gasteiger partial charge is 0.195 e. The Morgan fingerprint density at radius 2 is 2.28 bits per heavy atom. The fraction of sp³-hybridized carbons (Fsp3) is 0.583. The molecule has 0 radical (unpaired) electrons. The molecule has 0 spiro atoms. The van der Waals surface area contributed by atoms with Crippen LogP contribution in [0.5, 0.6) is 0 Å². The van der Waals surface area contributed by atoms with Gasteiger partial charge in [0.25, 0.3) is 0 Å². The fourth-order valence-corrected chi connectivity index (χ4v) is 3.06. The highest BCUT2D eigenvalue weighted by Crippen LogP contribution is 2.29. The standard InChI is InChI=1S/C12H18N4S2/c1-4-6-9-10(18-7-13-9)11-14-15-12(17)16(11)8(3)5-2/h7-8H,4-6H2,1-3H3,(H,15,17). The number of rotatable bonds is 5. The maximum absolute atomic E-state index is 5.33. The number of nitrogens with one attached hydrogen (secondary N) is 1. The summed E-state index contributed by atoms with van der Waals surface area (Å²) in [5.41, 5.74) is 3.01. The summed E-state index contributed by atoms with van der Waals surface area (Å²) < 4.78 is 2.79. The molecule has 2 aromatic rings. The van der Waals surface area contributed by atoms with Crippen LogP contribution in [0.1, 0.15) is 45.3 Å². The Kier molecular flexibility index (Phi) is 4.29. The molecule has 0 amide bonds. The van der Waals surface area contributed by atoms with Crippen LogP contribution >= 0.6 is 23.6 Å². The normalized spacial score (nSPS) is 12.8. The highest BCUT2D eigenvalue weighted by molar-refractivity contribution is 7.71. The Bertz CT molecular complexity index is 567. The van der Waals surface area contributed by atoms with Crippen molar-refractivity contribution in [2.45, 2.75) is 46.1 Å². The molecule has 0 saturated carbocycles. The quantitative estimate of drug-likeness (QED) is 0.844. The third-order valence-electron chi connectivity index (χ3n) is 3.07. The number of H-pyrrole nitrogens is 1. The lowest BCUT2D eigenvalue weighted by Crippen LogP contribution is -2.06. The van der Waals surface area contributed by atoms with Gasteiger partial charge in [-0.1, -0.05) is 20.3 Å². The van der Waals surface area contributed by atoms with Crippen LogP contribution in [0.2, 0.25) is 0 Å². The Morgan fingerprint density at radius 3 is 2.94 bits per heavy atom. The molecule has 1 atom stereocenters. The number of thiazole rings is 1. The van der Waals surface area contributed by atoms with Gasteiger partial charge in [0, 0.05) is 6.04 Å². The van der Waals surface area contributed by atoms with Gasteiger partial charge in [-0.25, -0.2) is 4.98 Å². The van der Waals surface area contributed by atoms with E-state index in [1.54, 1.807) is 11.3 Å². The summed E-state index contributed by atoms with van der Waals surface area (Å²) in [5.74, 6) is 0.931. The van der Waals surface area contributed by atoms with Gasteiger partial charge in [0.05, 0.1) is 16.1 Å². The second-order valence-electron chi connectivity index (χ2n) is 4.36. The van der Waals surface area contributed by atoms with Gasteiger partial charge in [-0.15, -0.1) is 11.3 Å². The Morgan fingerprint density at radius 1 is 1.50 bits per heavy atom. The van der Waals surface area contributed by atoms with E-state index >= 15 is 0 Å². The Hall–Kier alpha value is -1.01. The number of aryl methyl sites for hydroxylation is 1. The zero-order chi connectivity index (χ0) is 13.1. The van der Waals surface area contributed by atoms with Crippen molar-refractivity contribution < 1.29 is 0 Å². The van der Waals surface area contributed by atoms with E-state index in [1.807, 2.05) is 5.51 Å². The fourth-order valence-electron chi connectivity index (χ4n) is 1.92. The van der Waals surface area contributed by atoms with Crippen molar-refractivity contribution in [1.82, 2.24) is 19.7 Å². The summed E-state index contributed by atoms with van der Waals surface area (Å²) in [4.78, 5) is 5.58. The van der Waals surface area contributed by atoms with Gasteiger partial charge in [-0.05, 0) is 32.0 Å². The monoisotopic (exact) mass is 282 g/mol. The minimum absolute atomic E-state index is 0.350. The van der Waals surface area contributed by atoms with Crippen LogP contribution in [0.15, 0.2) is 5.51 Å². The molecule has 2 heterocycles. The van der Waals surface area contributed by atoms with E-state index in [9.17, 15) is 0 Å². The van der Waals surface area contributed by atoms with E-state index < -0.39 is 0 Å². The maximum atomic E-state index is 5.33. The zero-order valence-electron chi connectivity index (χ0n) is 10.9. The topological polar surface area (TPSA) is 46.5 Å². The summed E-state index contributed by atoms with van der Waals surface area (Å²) in [6.07, 6.45) is 3.10. The van der Waals surface area contributed by atoms with Crippen molar-refractivity contribution in [3.05, 3.63) is 16.0 Å². The summed E-state index contributed by atoms with van der Waals surface area (Å²) in [6.45, 7) is 6.48. The van der Waals surface area contributed by atoms with Crippen molar-refractivity contribution in [2.75, 3.05) is 0 Å². The molecular weight excluding hydrogens is 264 g/mol. The molecule has 0 aliphatic carbocycles. The van der Waals surface area contributed by atoms with Crippen LogP contribution in [0.3, 0.4) is 0 Å². The first-order valence-electron chi connectivity index (χ1n) is 6.28. The van der Waals surface area contributed by atoms with Gasteiger partial charge in [-0.3, -0.25) is 9.67 Å². The van der Waals surface area contributed by atoms with Crippen LogP contribution in [0.25, 0.3) is 10.7 Å². The predicted molar refractivity (Wildman–Crippen MR) is 77.5 cm³/mol. The molecule has 0 saturated heterocycles. The molecule has 0 aliphatic rings. The molecule has 2 aromatic heterocycles. The van der Waals surface area contributed by atoms with Gasteiger partial charge >= 0.3 is 0 Å². The molecule has 98 valence electrons. The first-order valence-corrected chi connectivity index (χ1v) is 7.57. The van der Waals surface area contributed by atoms with Crippen molar-refractivity contribution >= 4 is 23.6 Å². The SMILES string of the molecule is CCCc1ncsc1-c1n[nH]c(=S)n1C(C)CC. The van der Waals surface area contributed by atoms with Crippen LogP contribution < -0.4 is 0 Å². The summed E-state index contributed by atoms with van der Waals surface area (Å²) >= 11 is 6.96. The first-order chi connectivity index (χ1) is 8.69. The van der Waals surface area contributed by atoms with Gasteiger partial charge in [0.1, 0.15) is 0 Å². The van der Waals surface area contributed by atoms with E-state index in [0.717, 1.165) is 35.7 Å². The molecule has 6 heteroatoms. The first kappa shape index (κ1) is 13.4. The van der Waals surface area contributed by atoms with E-state index in [-0.39, 0.29) is 0 Å². The largest absolute Gasteiger partial charge is 0.297 e. The van der Waals surface area contributed by atoms with Crippen molar-refractivity contribution in [3.63, 3.8) is 0 Å². The summed E-state index contributed by atoms with van der Waals surface area (Å²) in [7, 11) is 0. The molecule has 18 heavy (non-hydrogen) atoms. The highest BCUT2D eigenvalue weighted by atomic mass is 32.1. The number of hydrogen-bond acceptors (Lipinski definition) is 4. The third-order valence-corrected chi connectivity index (χ3v) is 4.22. The van der Waals surface area contributed by atoms with Crippen LogP contribution in [-0.4, -0.2) is 19.7 Å². The molecule has 2 rings (SSSR count). The molecule has 4 nitrogen and oxygen atoms in total. The minimum Gasteiger partial charge on any atom is -0.297 e. The molecule has 0 aliphatic heterocycles. The number of nitrogens with zero attached hydrogens (tertiary/aromatic N) is 3. The number of aromatic amines is 1. The zero-order valence-corrected chi connectivity index (χ0v) is 12.6. The second kappa shape index (κ2) is 5.75. The molecule has 1 unspecified atom stereocenters. The van der Waals surface area contributed by atoms with Gasteiger partial charge in [0.15, 0.2) is 10.6 Å². The van der Waals surface area contributed by atoms with Gasteiger partial charge in [0.2, 0.25) is 0 Å².